The lowest BCUT2D eigenvalue weighted by molar-refractivity contribution is 0.102. The minimum atomic E-state index is -0.220. The van der Waals surface area contributed by atoms with Crippen molar-refractivity contribution in [1.29, 1.82) is 0 Å². The van der Waals surface area contributed by atoms with Crippen LogP contribution in [0.25, 0.3) is 10.7 Å². The van der Waals surface area contributed by atoms with E-state index < -0.39 is 0 Å². The number of nitrogens with zero attached hydrogens (tertiary/aromatic N) is 3. The zero-order valence-corrected chi connectivity index (χ0v) is 14.2. The van der Waals surface area contributed by atoms with Crippen LogP contribution in [0, 0.1) is 0 Å². The number of aryl methyl sites for hydroxylation is 1. The van der Waals surface area contributed by atoms with E-state index in [9.17, 15) is 4.79 Å². The van der Waals surface area contributed by atoms with Gasteiger partial charge >= 0.3 is 0 Å². The highest BCUT2D eigenvalue weighted by atomic mass is 32.1. The molecule has 24 heavy (non-hydrogen) atoms. The Morgan fingerprint density at radius 2 is 2.04 bits per heavy atom. The first kappa shape index (κ1) is 16.3. The van der Waals surface area contributed by atoms with Crippen LogP contribution in [0.15, 0.2) is 48.2 Å². The average Bonchev–Trinajstić information content (AvgIpc) is 3.12. The Morgan fingerprint density at radius 1 is 1.21 bits per heavy atom. The maximum absolute atomic E-state index is 12.3. The lowest BCUT2D eigenvalue weighted by Crippen LogP contribution is -2.12. The number of nitrogens with one attached hydrogen (secondary N) is 1. The highest BCUT2D eigenvalue weighted by Crippen LogP contribution is 2.21. The van der Waals surface area contributed by atoms with E-state index in [0.29, 0.717) is 16.4 Å². The molecule has 3 aromatic rings. The number of rotatable bonds is 6. The molecule has 0 fully saturated rings. The fourth-order valence-corrected chi connectivity index (χ4v) is 3.00. The molecule has 6 heteroatoms. The lowest BCUT2D eigenvalue weighted by Gasteiger charge is -2.05. The molecule has 1 aromatic carbocycles. The Kier molecular flexibility index (Phi) is 5.28. The average molecular weight is 338 g/mol. The molecule has 2 heterocycles. The number of hydrogen-bond acceptors (Lipinski definition) is 5. The molecule has 1 amide bonds. The predicted molar refractivity (Wildman–Crippen MR) is 96.1 cm³/mol. The van der Waals surface area contributed by atoms with E-state index in [2.05, 4.69) is 39.3 Å². The van der Waals surface area contributed by atoms with Crippen molar-refractivity contribution >= 4 is 22.9 Å². The fourth-order valence-electron chi connectivity index (χ4n) is 2.24. The number of unbranched alkanes of at least 4 members (excludes halogenated alkanes) is 1. The number of carbonyl (C=O) groups is 1. The van der Waals surface area contributed by atoms with Gasteiger partial charge in [0, 0.05) is 23.5 Å². The molecule has 0 aliphatic rings. The van der Waals surface area contributed by atoms with Gasteiger partial charge < -0.3 is 5.32 Å². The first-order chi connectivity index (χ1) is 11.8. The summed E-state index contributed by atoms with van der Waals surface area (Å²) in [6.07, 6.45) is 8.27. The Bertz CT molecular complexity index is 799. The second kappa shape index (κ2) is 7.79. The van der Waals surface area contributed by atoms with Crippen molar-refractivity contribution in [1.82, 2.24) is 15.0 Å². The van der Waals surface area contributed by atoms with Crippen LogP contribution in [-0.4, -0.2) is 20.9 Å². The highest BCUT2D eigenvalue weighted by molar-refractivity contribution is 7.13. The summed E-state index contributed by atoms with van der Waals surface area (Å²) in [6, 6.07) is 7.96. The van der Waals surface area contributed by atoms with Gasteiger partial charge in [0.25, 0.3) is 5.91 Å². The molecule has 0 saturated heterocycles. The first-order valence-corrected chi connectivity index (χ1v) is 8.76. The van der Waals surface area contributed by atoms with Crippen molar-refractivity contribution in [2.75, 3.05) is 5.32 Å². The van der Waals surface area contributed by atoms with Crippen LogP contribution in [0.5, 0.6) is 0 Å². The fraction of sp³-hybridized carbons (Fsp3) is 0.222. The van der Waals surface area contributed by atoms with Crippen molar-refractivity contribution in [2.24, 2.45) is 0 Å². The van der Waals surface area contributed by atoms with Crippen LogP contribution < -0.4 is 5.32 Å². The summed E-state index contributed by atoms with van der Waals surface area (Å²) >= 11 is 1.38. The molecule has 3 rings (SSSR count). The third-order valence-electron chi connectivity index (χ3n) is 3.55. The summed E-state index contributed by atoms with van der Waals surface area (Å²) in [4.78, 5) is 24.9. The van der Waals surface area contributed by atoms with E-state index in [0.717, 1.165) is 12.1 Å². The van der Waals surface area contributed by atoms with Crippen LogP contribution >= 0.6 is 11.3 Å². The third kappa shape index (κ3) is 4.02. The molecule has 0 saturated carbocycles. The Morgan fingerprint density at radius 3 is 2.75 bits per heavy atom. The minimum absolute atomic E-state index is 0.220. The van der Waals surface area contributed by atoms with E-state index >= 15 is 0 Å². The van der Waals surface area contributed by atoms with Gasteiger partial charge in [-0.2, -0.15) is 0 Å². The van der Waals surface area contributed by atoms with Gasteiger partial charge in [0.05, 0.1) is 6.20 Å². The van der Waals surface area contributed by atoms with Crippen LogP contribution in [0.1, 0.15) is 35.8 Å². The number of thiazole rings is 1. The maximum atomic E-state index is 12.3. The Labute approximate surface area is 144 Å². The van der Waals surface area contributed by atoms with E-state index in [1.165, 1.54) is 29.7 Å². The molecular weight excluding hydrogens is 320 g/mol. The van der Waals surface area contributed by atoms with Gasteiger partial charge in [-0.05, 0) is 30.5 Å². The normalized spacial score (nSPS) is 10.5. The third-order valence-corrected chi connectivity index (χ3v) is 4.41. The van der Waals surface area contributed by atoms with Gasteiger partial charge in [-0.15, -0.1) is 11.3 Å². The topological polar surface area (TPSA) is 67.8 Å². The van der Waals surface area contributed by atoms with Gasteiger partial charge in [-0.25, -0.2) is 4.98 Å². The quantitative estimate of drug-likeness (QED) is 0.731. The van der Waals surface area contributed by atoms with Crippen LogP contribution in [0.2, 0.25) is 0 Å². The van der Waals surface area contributed by atoms with Gasteiger partial charge in [0.2, 0.25) is 0 Å². The van der Waals surface area contributed by atoms with E-state index in [4.69, 9.17) is 0 Å². The Balaban J connectivity index is 1.66. The van der Waals surface area contributed by atoms with Crippen LogP contribution in [0.3, 0.4) is 0 Å². The van der Waals surface area contributed by atoms with E-state index in [1.54, 1.807) is 24.0 Å². The molecule has 122 valence electrons. The standard InChI is InChI=1S/C18H18N4OS/c1-2-3-4-13-5-7-14(8-6-13)21-17(23)16-12-24-18(22-16)15-11-19-9-10-20-15/h5-12H,2-4H2,1H3,(H,21,23). The molecule has 0 atom stereocenters. The number of hydrogen-bond donors (Lipinski definition) is 1. The summed E-state index contributed by atoms with van der Waals surface area (Å²) in [5, 5.41) is 5.29. The molecule has 0 aliphatic carbocycles. The second-order valence-corrected chi connectivity index (χ2v) is 6.24. The van der Waals surface area contributed by atoms with Gasteiger partial charge in [-0.3, -0.25) is 14.8 Å². The molecule has 0 unspecified atom stereocenters. The van der Waals surface area contributed by atoms with Crippen LogP contribution in [0.4, 0.5) is 5.69 Å². The zero-order valence-electron chi connectivity index (χ0n) is 13.4. The smallest absolute Gasteiger partial charge is 0.275 e. The minimum Gasteiger partial charge on any atom is -0.321 e. The monoisotopic (exact) mass is 338 g/mol. The maximum Gasteiger partial charge on any atom is 0.275 e. The SMILES string of the molecule is CCCCc1ccc(NC(=O)c2csc(-c3cnccn3)n2)cc1. The molecular formula is C18H18N4OS. The van der Waals surface area contributed by atoms with E-state index in [-0.39, 0.29) is 5.91 Å². The number of aromatic nitrogens is 3. The summed E-state index contributed by atoms with van der Waals surface area (Å²) in [5.74, 6) is -0.220. The summed E-state index contributed by atoms with van der Waals surface area (Å²) in [7, 11) is 0. The summed E-state index contributed by atoms with van der Waals surface area (Å²) in [6.45, 7) is 2.18. The largest absolute Gasteiger partial charge is 0.321 e. The van der Waals surface area contributed by atoms with Gasteiger partial charge in [-0.1, -0.05) is 25.5 Å². The zero-order chi connectivity index (χ0) is 16.8. The number of benzene rings is 1. The molecule has 1 N–H and O–H groups in total. The molecule has 5 nitrogen and oxygen atoms in total. The number of amides is 1. The Hall–Kier alpha value is -2.60. The molecule has 0 radical (unpaired) electrons. The summed E-state index contributed by atoms with van der Waals surface area (Å²) in [5.41, 5.74) is 3.11. The first-order valence-electron chi connectivity index (χ1n) is 7.88. The molecule has 0 bridgehead atoms. The second-order valence-electron chi connectivity index (χ2n) is 5.38. The highest BCUT2D eigenvalue weighted by Gasteiger charge is 2.12. The lowest BCUT2D eigenvalue weighted by atomic mass is 10.1. The molecule has 2 aromatic heterocycles. The number of anilines is 1. The predicted octanol–water partition coefficient (Wildman–Crippen LogP) is 4.20. The number of carbonyl (C=O) groups excluding carboxylic acids is 1. The van der Waals surface area contributed by atoms with Crippen molar-refractivity contribution in [3.05, 3.63) is 59.5 Å². The van der Waals surface area contributed by atoms with Crippen molar-refractivity contribution in [3.8, 4) is 10.7 Å². The van der Waals surface area contributed by atoms with Gasteiger partial charge in [0.15, 0.2) is 0 Å². The van der Waals surface area contributed by atoms with Crippen molar-refractivity contribution in [3.63, 3.8) is 0 Å². The molecule has 0 aliphatic heterocycles. The van der Waals surface area contributed by atoms with Crippen LogP contribution in [-0.2, 0) is 6.42 Å². The van der Waals surface area contributed by atoms with Crippen molar-refractivity contribution < 1.29 is 4.79 Å². The summed E-state index contributed by atoms with van der Waals surface area (Å²) < 4.78 is 0. The van der Waals surface area contributed by atoms with E-state index in [1.807, 2.05) is 12.1 Å². The van der Waals surface area contributed by atoms with Crippen molar-refractivity contribution in [2.45, 2.75) is 26.2 Å². The van der Waals surface area contributed by atoms with Gasteiger partial charge in [0.1, 0.15) is 16.4 Å². The molecule has 0 spiro atoms.